The minimum absolute atomic E-state index is 0.358. The number of fused-ring (bicyclic) bond motifs is 1. The molecule has 2 aliphatic rings. The van der Waals surface area contributed by atoms with E-state index in [1.165, 1.54) is 0 Å². The summed E-state index contributed by atoms with van der Waals surface area (Å²) < 4.78 is 0.861. The third-order valence-corrected chi connectivity index (χ3v) is 4.91. The molecule has 0 radical (unpaired) electrons. The third kappa shape index (κ3) is 2.25. The van der Waals surface area contributed by atoms with E-state index in [9.17, 15) is 9.59 Å². The largest absolute Gasteiger partial charge is 0.381 e. The van der Waals surface area contributed by atoms with Gasteiger partial charge < -0.3 is 4.84 Å². The van der Waals surface area contributed by atoms with Crippen molar-refractivity contribution in [2.24, 2.45) is 11.1 Å². The summed E-state index contributed by atoms with van der Waals surface area (Å²) in [6, 6.07) is 14.0. The molecule has 2 amide bonds. The van der Waals surface area contributed by atoms with E-state index in [1.807, 2.05) is 0 Å². The highest BCUT2D eigenvalue weighted by Gasteiger charge is 2.56. The van der Waals surface area contributed by atoms with E-state index >= 15 is 0 Å². The molecule has 4 rings (SSSR count). The standard InChI is InChI=1S/C17H10BrClN2O3/c18-9-5-7-10(8-6-9)21-16(22)13-14(20-24-15(13)17(21)23)11-3-1-2-4-12(11)19/h1-8,13,15H/t13-,15+/m0/s1. The summed E-state index contributed by atoms with van der Waals surface area (Å²) in [7, 11) is 0. The number of carbonyl (C=O) groups is 2. The van der Waals surface area contributed by atoms with Crippen LogP contribution in [0, 0.1) is 5.92 Å². The van der Waals surface area contributed by atoms with Crippen LogP contribution in [0.25, 0.3) is 0 Å². The van der Waals surface area contributed by atoms with E-state index in [-0.39, 0.29) is 5.91 Å². The zero-order chi connectivity index (χ0) is 16.8. The lowest BCUT2D eigenvalue weighted by molar-refractivity contribution is -0.126. The summed E-state index contributed by atoms with van der Waals surface area (Å²) in [6.07, 6.45) is -0.938. The van der Waals surface area contributed by atoms with Crippen molar-refractivity contribution in [1.82, 2.24) is 0 Å². The van der Waals surface area contributed by atoms with Gasteiger partial charge >= 0.3 is 0 Å². The summed E-state index contributed by atoms with van der Waals surface area (Å²) in [5, 5.41) is 4.41. The van der Waals surface area contributed by atoms with Crippen molar-refractivity contribution in [3.63, 3.8) is 0 Å². The van der Waals surface area contributed by atoms with Gasteiger partial charge in [-0.15, -0.1) is 0 Å². The molecule has 2 aromatic carbocycles. The van der Waals surface area contributed by atoms with E-state index in [0.29, 0.717) is 22.0 Å². The number of oxime groups is 1. The maximum Gasteiger partial charge on any atom is 0.278 e. The zero-order valence-corrected chi connectivity index (χ0v) is 14.5. The number of hydrogen-bond donors (Lipinski definition) is 0. The molecule has 120 valence electrons. The summed E-state index contributed by atoms with van der Waals surface area (Å²) in [6.45, 7) is 0. The van der Waals surface area contributed by atoms with Crippen molar-refractivity contribution < 1.29 is 14.4 Å². The Balaban J connectivity index is 1.73. The second kappa shape index (κ2) is 5.72. The van der Waals surface area contributed by atoms with Crippen LogP contribution in [0.4, 0.5) is 5.69 Å². The van der Waals surface area contributed by atoms with Crippen molar-refractivity contribution >= 4 is 50.7 Å². The molecular formula is C17H10BrClN2O3. The van der Waals surface area contributed by atoms with E-state index in [2.05, 4.69) is 21.1 Å². The molecule has 0 N–H and O–H groups in total. The van der Waals surface area contributed by atoms with Gasteiger partial charge in [0, 0.05) is 15.1 Å². The maximum atomic E-state index is 12.9. The van der Waals surface area contributed by atoms with Crippen LogP contribution in [0.15, 0.2) is 58.2 Å². The van der Waals surface area contributed by atoms with Gasteiger partial charge in [-0.2, -0.15) is 0 Å². The first-order valence-electron chi connectivity index (χ1n) is 7.20. The number of amides is 2. The predicted molar refractivity (Wildman–Crippen MR) is 93.0 cm³/mol. The summed E-state index contributed by atoms with van der Waals surface area (Å²) in [5.74, 6) is -1.55. The third-order valence-electron chi connectivity index (χ3n) is 4.05. The topological polar surface area (TPSA) is 59.0 Å². The van der Waals surface area contributed by atoms with E-state index < -0.39 is 17.9 Å². The molecule has 5 nitrogen and oxygen atoms in total. The number of halogens is 2. The molecule has 1 saturated heterocycles. The number of anilines is 1. The Bertz CT molecular complexity index is 882. The van der Waals surface area contributed by atoms with Crippen molar-refractivity contribution in [3.05, 3.63) is 63.6 Å². The van der Waals surface area contributed by atoms with Gasteiger partial charge in [-0.3, -0.25) is 9.59 Å². The number of carbonyl (C=O) groups excluding carboxylic acids is 2. The van der Waals surface area contributed by atoms with Crippen LogP contribution in [-0.4, -0.2) is 23.6 Å². The maximum absolute atomic E-state index is 12.9. The summed E-state index contributed by atoms with van der Waals surface area (Å²) in [4.78, 5) is 31.9. The van der Waals surface area contributed by atoms with Crippen molar-refractivity contribution in [3.8, 4) is 0 Å². The highest BCUT2D eigenvalue weighted by Crippen LogP contribution is 2.36. The lowest BCUT2D eigenvalue weighted by Crippen LogP contribution is -2.33. The molecule has 1 fully saturated rings. The van der Waals surface area contributed by atoms with E-state index in [0.717, 1.165) is 9.37 Å². The smallest absolute Gasteiger partial charge is 0.278 e. The lowest BCUT2D eigenvalue weighted by atomic mass is 9.94. The SMILES string of the molecule is O=C1[C@H]2C(c3ccccc3Cl)=NO[C@H]2C(=O)N1c1ccc(Br)cc1. The first-order chi connectivity index (χ1) is 11.6. The fraction of sp³-hybridized carbons (Fsp3) is 0.118. The van der Waals surface area contributed by atoms with Crippen LogP contribution in [0.2, 0.25) is 5.02 Å². The monoisotopic (exact) mass is 404 g/mol. The quantitative estimate of drug-likeness (QED) is 0.720. The summed E-state index contributed by atoms with van der Waals surface area (Å²) in [5.41, 5.74) is 1.50. The number of imide groups is 1. The second-order valence-electron chi connectivity index (χ2n) is 5.45. The minimum Gasteiger partial charge on any atom is -0.381 e. The Kier molecular flexibility index (Phi) is 3.66. The van der Waals surface area contributed by atoms with Crippen molar-refractivity contribution in [1.29, 1.82) is 0 Å². The Hall–Kier alpha value is -2.18. The normalized spacial score (nSPS) is 22.4. The van der Waals surface area contributed by atoms with Crippen LogP contribution in [0.3, 0.4) is 0 Å². The van der Waals surface area contributed by atoms with E-state index in [4.69, 9.17) is 16.4 Å². The molecule has 2 heterocycles. The molecule has 2 aliphatic heterocycles. The van der Waals surface area contributed by atoms with Crippen LogP contribution in [-0.2, 0) is 14.4 Å². The molecule has 0 spiro atoms. The van der Waals surface area contributed by atoms with Gasteiger partial charge in [0.25, 0.3) is 5.91 Å². The molecule has 0 aliphatic carbocycles. The second-order valence-corrected chi connectivity index (χ2v) is 6.77. The molecule has 7 heteroatoms. The lowest BCUT2D eigenvalue weighted by Gasteiger charge is -2.15. The molecule has 0 unspecified atom stereocenters. The van der Waals surface area contributed by atoms with Crippen molar-refractivity contribution in [2.75, 3.05) is 4.90 Å². The molecule has 2 aromatic rings. The Morgan fingerprint density at radius 1 is 1.04 bits per heavy atom. The van der Waals surface area contributed by atoms with Gasteiger partial charge in [0.05, 0.1) is 5.69 Å². The number of rotatable bonds is 2. The summed E-state index contributed by atoms with van der Waals surface area (Å²) >= 11 is 9.53. The predicted octanol–water partition coefficient (Wildman–Crippen LogP) is 3.40. The average molecular weight is 406 g/mol. The number of benzene rings is 2. The molecule has 24 heavy (non-hydrogen) atoms. The van der Waals surface area contributed by atoms with Gasteiger partial charge in [-0.25, -0.2) is 4.90 Å². The van der Waals surface area contributed by atoms with Gasteiger partial charge in [0.15, 0.2) is 0 Å². The molecule has 2 atom stereocenters. The first-order valence-corrected chi connectivity index (χ1v) is 8.37. The fourth-order valence-corrected chi connectivity index (χ4v) is 3.41. The van der Waals surface area contributed by atoms with Crippen LogP contribution < -0.4 is 4.90 Å². The fourth-order valence-electron chi connectivity index (χ4n) is 2.91. The Labute approximate surface area is 151 Å². The molecule has 0 saturated carbocycles. The molecular weight excluding hydrogens is 396 g/mol. The van der Waals surface area contributed by atoms with Crippen LogP contribution in [0.5, 0.6) is 0 Å². The van der Waals surface area contributed by atoms with Gasteiger partial charge in [0.2, 0.25) is 12.0 Å². The minimum atomic E-state index is -0.938. The highest BCUT2D eigenvalue weighted by molar-refractivity contribution is 9.10. The van der Waals surface area contributed by atoms with Gasteiger partial charge in [0.1, 0.15) is 11.6 Å². The highest BCUT2D eigenvalue weighted by atomic mass is 79.9. The van der Waals surface area contributed by atoms with Crippen LogP contribution >= 0.6 is 27.5 Å². The Morgan fingerprint density at radius 3 is 2.46 bits per heavy atom. The Morgan fingerprint density at radius 2 is 1.75 bits per heavy atom. The average Bonchev–Trinajstić information content (AvgIpc) is 3.10. The van der Waals surface area contributed by atoms with Gasteiger partial charge in [-0.1, -0.05) is 50.9 Å². The molecule has 0 bridgehead atoms. The zero-order valence-electron chi connectivity index (χ0n) is 12.1. The van der Waals surface area contributed by atoms with Crippen LogP contribution in [0.1, 0.15) is 5.56 Å². The number of nitrogens with zero attached hydrogens (tertiary/aromatic N) is 2. The number of hydrogen-bond acceptors (Lipinski definition) is 4. The van der Waals surface area contributed by atoms with E-state index in [1.54, 1.807) is 48.5 Å². The first kappa shape index (κ1) is 15.4. The van der Waals surface area contributed by atoms with Crippen molar-refractivity contribution in [2.45, 2.75) is 6.10 Å². The molecule has 0 aromatic heterocycles. The van der Waals surface area contributed by atoms with Gasteiger partial charge in [-0.05, 0) is 30.3 Å².